The Hall–Kier alpha value is -2.30. The number of hydroxylamine groups is 2. The third-order valence-corrected chi connectivity index (χ3v) is 7.03. The van der Waals surface area contributed by atoms with Crippen molar-refractivity contribution in [3.63, 3.8) is 0 Å². The Morgan fingerprint density at radius 2 is 1.70 bits per heavy atom. The number of amides is 2. The number of carbonyl (C=O) groups excluding carboxylic acids is 2. The first-order valence-electron chi connectivity index (χ1n) is 9.34. The highest BCUT2D eigenvalue weighted by Gasteiger charge is 2.58. The minimum absolute atomic E-state index is 0.0337. The number of fused-ring (bicyclic) bond motifs is 1. The summed E-state index contributed by atoms with van der Waals surface area (Å²) < 4.78 is 27.5. The lowest BCUT2D eigenvalue weighted by Gasteiger charge is -2.26. The Morgan fingerprint density at radius 3 is 2.37 bits per heavy atom. The SMILES string of the molecule is CN1C(=O)[C@H]2[C@H](ON(CCNS(=O)(=O)c3ccc(Cl)cc3)[C@H]2c2ccccc2)C1=O. The highest BCUT2D eigenvalue weighted by molar-refractivity contribution is 7.89. The Balaban J connectivity index is 1.51. The van der Waals surface area contributed by atoms with Gasteiger partial charge in [0.05, 0.1) is 16.9 Å². The van der Waals surface area contributed by atoms with Gasteiger partial charge in [-0.15, -0.1) is 0 Å². The highest BCUT2D eigenvalue weighted by atomic mass is 35.5. The van der Waals surface area contributed by atoms with Crippen LogP contribution in [0.2, 0.25) is 5.02 Å². The predicted octanol–water partition coefficient (Wildman–Crippen LogP) is 1.59. The van der Waals surface area contributed by atoms with Crippen molar-refractivity contribution in [3.8, 4) is 0 Å². The van der Waals surface area contributed by atoms with Gasteiger partial charge in [-0.05, 0) is 29.8 Å². The monoisotopic (exact) mass is 449 g/mol. The van der Waals surface area contributed by atoms with Gasteiger partial charge in [0.15, 0.2) is 6.10 Å². The first kappa shape index (κ1) is 21.0. The number of benzene rings is 2. The van der Waals surface area contributed by atoms with E-state index in [-0.39, 0.29) is 23.9 Å². The zero-order valence-corrected chi connectivity index (χ0v) is 17.6. The van der Waals surface area contributed by atoms with E-state index >= 15 is 0 Å². The van der Waals surface area contributed by atoms with Crippen LogP contribution >= 0.6 is 11.6 Å². The molecule has 2 fully saturated rings. The van der Waals surface area contributed by atoms with Crippen molar-refractivity contribution in [2.75, 3.05) is 20.1 Å². The molecule has 0 aromatic heterocycles. The second-order valence-corrected chi connectivity index (χ2v) is 9.34. The number of carbonyl (C=O) groups is 2. The molecule has 0 unspecified atom stereocenters. The number of imide groups is 1. The van der Waals surface area contributed by atoms with Crippen LogP contribution in [0.3, 0.4) is 0 Å². The molecule has 0 saturated carbocycles. The lowest BCUT2D eigenvalue weighted by Crippen LogP contribution is -2.38. The molecule has 2 aliphatic rings. The molecule has 30 heavy (non-hydrogen) atoms. The van der Waals surface area contributed by atoms with Gasteiger partial charge in [-0.2, -0.15) is 5.06 Å². The maximum absolute atomic E-state index is 12.6. The van der Waals surface area contributed by atoms with Gasteiger partial charge in [0.25, 0.3) is 5.91 Å². The average Bonchev–Trinajstić information content (AvgIpc) is 3.20. The zero-order chi connectivity index (χ0) is 21.5. The number of nitrogens with zero attached hydrogens (tertiary/aromatic N) is 2. The average molecular weight is 450 g/mol. The van der Waals surface area contributed by atoms with E-state index in [2.05, 4.69) is 4.72 Å². The van der Waals surface area contributed by atoms with Crippen LogP contribution in [-0.2, 0) is 24.4 Å². The first-order valence-corrected chi connectivity index (χ1v) is 11.2. The van der Waals surface area contributed by atoms with Crippen molar-refractivity contribution in [2.24, 2.45) is 5.92 Å². The number of hydrogen-bond donors (Lipinski definition) is 1. The molecule has 2 aromatic carbocycles. The van der Waals surface area contributed by atoms with Gasteiger partial charge in [-0.1, -0.05) is 41.9 Å². The number of sulfonamides is 1. The Labute approximate surface area is 179 Å². The third-order valence-electron chi connectivity index (χ3n) is 5.30. The standard InChI is InChI=1S/C20H20ClN3O5S/c1-23-19(25)16-17(13-5-3-2-4-6-13)24(29-18(16)20(23)26)12-11-22-30(27,28)15-9-7-14(21)8-10-15/h2-10,16-18,22H,11-12H2,1H3/t16-,17+,18+/m1/s1. The van der Waals surface area contributed by atoms with Crippen molar-refractivity contribution in [2.45, 2.75) is 17.0 Å². The van der Waals surface area contributed by atoms with Gasteiger partial charge in [0, 0.05) is 25.2 Å². The number of nitrogens with one attached hydrogen (secondary N) is 1. The van der Waals surface area contributed by atoms with E-state index in [0.717, 1.165) is 10.5 Å². The summed E-state index contributed by atoms with van der Waals surface area (Å²) in [6, 6.07) is 14.6. The molecule has 10 heteroatoms. The summed E-state index contributed by atoms with van der Waals surface area (Å²) in [5.41, 5.74) is 0.821. The molecule has 2 heterocycles. The highest BCUT2D eigenvalue weighted by Crippen LogP contribution is 2.43. The van der Waals surface area contributed by atoms with Gasteiger partial charge in [-0.25, -0.2) is 13.1 Å². The van der Waals surface area contributed by atoms with E-state index in [1.165, 1.54) is 36.4 Å². The smallest absolute Gasteiger partial charge is 0.261 e. The minimum Gasteiger partial charge on any atom is -0.284 e. The topological polar surface area (TPSA) is 96.0 Å². The molecule has 0 radical (unpaired) electrons. The maximum Gasteiger partial charge on any atom is 0.261 e. The van der Waals surface area contributed by atoms with Gasteiger partial charge in [0.2, 0.25) is 15.9 Å². The van der Waals surface area contributed by atoms with Crippen molar-refractivity contribution in [3.05, 3.63) is 65.2 Å². The first-order chi connectivity index (χ1) is 14.3. The van der Waals surface area contributed by atoms with Crippen LogP contribution in [0.1, 0.15) is 11.6 Å². The van der Waals surface area contributed by atoms with Crippen molar-refractivity contribution < 1.29 is 22.8 Å². The number of likely N-dealkylation sites (tertiary alicyclic amines) is 1. The molecule has 2 aliphatic heterocycles. The summed E-state index contributed by atoms with van der Waals surface area (Å²) in [5, 5.41) is 1.97. The summed E-state index contributed by atoms with van der Waals surface area (Å²) in [4.78, 5) is 32.0. The van der Waals surface area contributed by atoms with Crippen LogP contribution in [0.25, 0.3) is 0 Å². The predicted molar refractivity (Wildman–Crippen MR) is 109 cm³/mol. The quantitative estimate of drug-likeness (QED) is 0.673. The Kier molecular flexibility index (Phi) is 5.65. The van der Waals surface area contributed by atoms with Crippen LogP contribution < -0.4 is 4.72 Å². The van der Waals surface area contributed by atoms with Crippen LogP contribution in [0, 0.1) is 5.92 Å². The molecule has 2 aromatic rings. The Morgan fingerprint density at radius 1 is 1.03 bits per heavy atom. The normalized spacial score (nSPS) is 24.5. The lowest BCUT2D eigenvalue weighted by atomic mass is 9.91. The fourth-order valence-corrected chi connectivity index (χ4v) is 4.96. The van der Waals surface area contributed by atoms with Gasteiger partial charge < -0.3 is 0 Å². The van der Waals surface area contributed by atoms with Gasteiger partial charge in [-0.3, -0.25) is 19.3 Å². The molecular weight excluding hydrogens is 430 g/mol. The van der Waals surface area contributed by atoms with Crippen molar-refractivity contribution >= 4 is 33.4 Å². The molecule has 0 bridgehead atoms. The second kappa shape index (κ2) is 8.09. The van der Waals surface area contributed by atoms with Crippen LogP contribution in [0.15, 0.2) is 59.5 Å². The van der Waals surface area contributed by atoms with E-state index in [0.29, 0.717) is 5.02 Å². The number of rotatable bonds is 6. The van der Waals surface area contributed by atoms with E-state index < -0.39 is 34.0 Å². The molecule has 4 rings (SSSR count). The lowest BCUT2D eigenvalue weighted by molar-refractivity contribution is -0.177. The summed E-state index contributed by atoms with van der Waals surface area (Å²) in [6.45, 7) is 0.190. The molecule has 1 N–H and O–H groups in total. The summed E-state index contributed by atoms with van der Waals surface area (Å²) in [7, 11) is -2.29. The molecule has 0 aliphatic carbocycles. The largest absolute Gasteiger partial charge is 0.284 e. The van der Waals surface area contributed by atoms with Crippen LogP contribution in [-0.4, -0.2) is 56.4 Å². The number of likely N-dealkylation sites (N-methyl/N-ethyl adjacent to an activating group) is 1. The minimum atomic E-state index is -3.73. The van der Waals surface area contributed by atoms with E-state index in [4.69, 9.17) is 16.4 Å². The molecule has 2 saturated heterocycles. The van der Waals surface area contributed by atoms with Gasteiger partial charge >= 0.3 is 0 Å². The van der Waals surface area contributed by atoms with E-state index in [1.54, 1.807) is 0 Å². The molecule has 2 amide bonds. The summed E-state index contributed by atoms with van der Waals surface area (Å²) >= 11 is 5.81. The molecule has 8 nitrogen and oxygen atoms in total. The summed E-state index contributed by atoms with van der Waals surface area (Å²) in [5.74, 6) is -1.36. The van der Waals surface area contributed by atoms with Crippen molar-refractivity contribution in [1.29, 1.82) is 0 Å². The van der Waals surface area contributed by atoms with Gasteiger partial charge in [0.1, 0.15) is 0 Å². The van der Waals surface area contributed by atoms with Crippen LogP contribution in [0.4, 0.5) is 0 Å². The van der Waals surface area contributed by atoms with Crippen molar-refractivity contribution in [1.82, 2.24) is 14.7 Å². The molecule has 0 spiro atoms. The molecule has 158 valence electrons. The fraction of sp³-hybridized carbons (Fsp3) is 0.300. The maximum atomic E-state index is 12.6. The second-order valence-electron chi connectivity index (χ2n) is 7.14. The molecular formula is C20H20ClN3O5S. The third kappa shape index (κ3) is 3.75. The zero-order valence-electron chi connectivity index (χ0n) is 16.1. The van der Waals surface area contributed by atoms with E-state index in [1.807, 2.05) is 30.3 Å². The molecule has 3 atom stereocenters. The fourth-order valence-electron chi connectivity index (χ4n) is 3.81. The van der Waals surface area contributed by atoms with E-state index in [9.17, 15) is 18.0 Å². The number of hydrogen-bond acceptors (Lipinski definition) is 6. The summed E-state index contributed by atoms with van der Waals surface area (Å²) in [6.07, 6.45) is -0.902. The Bertz CT molecular complexity index is 1060. The van der Waals surface area contributed by atoms with Crippen LogP contribution in [0.5, 0.6) is 0 Å². The number of halogens is 1.